The highest BCUT2D eigenvalue weighted by Gasteiger charge is 2.27. The smallest absolute Gasteiger partial charge is 0.306 e. The van der Waals surface area contributed by atoms with Gasteiger partial charge in [-0.1, -0.05) is 24.3 Å². The molecule has 114 valence electrons. The molecule has 1 N–H and O–H groups in total. The third kappa shape index (κ3) is 2.93. The van der Waals surface area contributed by atoms with Crippen molar-refractivity contribution in [1.29, 1.82) is 0 Å². The summed E-state index contributed by atoms with van der Waals surface area (Å²) < 4.78 is 0. The Morgan fingerprint density at radius 2 is 1.91 bits per heavy atom. The number of benzene rings is 1. The number of rotatable bonds is 3. The molecule has 0 radical (unpaired) electrons. The molecule has 0 saturated carbocycles. The molecule has 5 heteroatoms. The largest absolute Gasteiger partial charge is 0.481 e. The van der Waals surface area contributed by atoms with Gasteiger partial charge in [0, 0.05) is 24.7 Å². The number of likely N-dealkylation sites (tertiary alicyclic amines) is 1. The number of para-hydroxylation sites is 1. The number of carbonyl (C=O) groups is 2. The maximum atomic E-state index is 12.4. The topological polar surface area (TPSA) is 70.5 Å². The fourth-order valence-electron chi connectivity index (χ4n) is 2.96. The maximum absolute atomic E-state index is 12.4. The van der Waals surface area contributed by atoms with Gasteiger partial charge in [-0.15, -0.1) is 0 Å². The van der Waals surface area contributed by atoms with Crippen LogP contribution in [0.5, 0.6) is 0 Å². The molecule has 1 aliphatic heterocycles. The molecular formula is C17H18N2O3. The van der Waals surface area contributed by atoms with Crippen molar-refractivity contribution in [3.05, 3.63) is 42.1 Å². The molecule has 0 aliphatic carbocycles. The number of aromatic nitrogens is 1. The first kappa shape index (κ1) is 14.5. The number of nitrogens with zero attached hydrogens (tertiary/aromatic N) is 2. The summed E-state index contributed by atoms with van der Waals surface area (Å²) in [6.45, 7) is 1.04. The molecule has 2 aromatic rings. The van der Waals surface area contributed by atoms with Gasteiger partial charge in [0.2, 0.25) is 5.91 Å². The molecule has 1 amide bonds. The van der Waals surface area contributed by atoms with Crippen LogP contribution in [-0.2, 0) is 16.0 Å². The Morgan fingerprint density at radius 3 is 2.64 bits per heavy atom. The zero-order chi connectivity index (χ0) is 15.5. The Bertz CT molecular complexity index is 701. The Hall–Kier alpha value is -2.43. The van der Waals surface area contributed by atoms with Gasteiger partial charge in [0.1, 0.15) is 0 Å². The molecule has 5 nitrogen and oxygen atoms in total. The average Bonchev–Trinajstić information content (AvgIpc) is 2.55. The normalized spacial score (nSPS) is 15.9. The van der Waals surface area contributed by atoms with Crippen LogP contribution in [0.1, 0.15) is 18.4 Å². The Morgan fingerprint density at radius 1 is 1.18 bits per heavy atom. The third-order valence-electron chi connectivity index (χ3n) is 4.25. The summed E-state index contributed by atoms with van der Waals surface area (Å²) in [7, 11) is 0. The fraction of sp³-hybridized carbons (Fsp3) is 0.353. The first-order chi connectivity index (χ1) is 10.6. The first-order valence-electron chi connectivity index (χ1n) is 7.48. The zero-order valence-electron chi connectivity index (χ0n) is 12.2. The van der Waals surface area contributed by atoms with Crippen LogP contribution in [0.2, 0.25) is 0 Å². The predicted octanol–water partition coefficient (Wildman–Crippen LogP) is 2.10. The molecule has 2 heterocycles. The molecule has 1 aromatic carbocycles. The fourth-order valence-corrected chi connectivity index (χ4v) is 2.96. The third-order valence-corrected chi connectivity index (χ3v) is 4.25. The van der Waals surface area contributed by atoms with Crippen molar-refractivity contribution in [1.82, 2.24) is 9.88 Å². The van der Waals surface area contributed by atoms with Crippen LogP contribution in [-0.4, -0.2) is 40.0 Å². The lowest BCUT2D eigenvalue weighted by Gasteiger charge is -2.30. The molecule has 0 spiro atoms. The summed E-state index contributed by atoms with van der Waals surface area (Å²) in [5.74, 6) is -1.03. The molecular weight excluding hydrogens is 280 g/mol. The summed E-state index contributed by atoms with van der Waals surface area (Å²) in [6.07, 6.45) is 3.12. The van der Waals surface area contributed by atoms with Crippen molar-refractivity contribution in [3.63, 3.8) is 0 Å². The van der Waals surface area contributed by atoms with Gasteiger partial charge in [0.25, 0.3) is 0 Å². The predicted molar refractivity (Wildman–Crippen MR) is 82.4 cm³/mol. The number of pyridine rings is 1. The van der Waals surface area contributed by atoms with Crippen LogP contribution >= 0.6 is 0 Å². The van der Waals surface area contributed by atoms with E-state index < -0.39 is 5.97 Å². The highest BCUT2D eigenvalue weighted by Crippen LogP contribution is 2.20. The monoisotopic (exact) mass is 298 g/mol. The molecule has 0 bridgehead atoms. The van der Waals surface area contributed by atoms with Crippen LogP contribution in [0.15, 0.2) is 36.5 Å². The standard InChI is InChI=1S/C17H18N2O3/c20-15(19-9-6-13(7-10-19)17(21)22)11-14-4-1-3-12-5-2-8-18-16(12)14/h1-5,8,13H,6-7,9-11H2,(H,21,22). The van der Waals surface area contributed by atoms with Gasteiger partial charge in [-0.3, -0.25) is 14.6 Å². The number of hydrogen-bond donors (Lipinski definition) is 1. The van der Waals surface area contributed by atoms with Crippen molar-refractivity contribution < 1.29 is 14.7 Å². The minimum Gasteiger partial charge on any atom is -0.481 e. The van der Waals surface area contributed by atoms with Gasteiger partial charge >= 0.3 is 5.97 Å². The lowest BCUT2D eigenvalue weighted by Crippen LogP contribution is -2.41. The second-order valence-corrected chi connectivity index (χ2v) is 5.66. The van der Waals surface area contributed by atoms with E-state index in [9.17, 15) is 9.59 Å². The Balaban J connectivity index is 1.70. The van der Waals surface area contributed by atoms with E-state index in [1.54, 1.807) is 11.1 Å². The van der Waals surface area contributed by atoms with Gasteiger partial charge in [0.15, 0.2) is 0 Å². The molecule has 1 fully saturated rings. The number of carboxylic acids is 1. The van der Waals surface area contributed by atoms with Crippen LogP contribution in [0.4, 0.5) is 0 Å². The number of hydrogen-bond acceptors (Lipinski definition) is 3. The summed E-state index contributed by atoms with van der Waals surface area (Å²) in [5.41, 5.74) is 1.78. The van der Waals surface area contributed by atoms with Crippen molar-refractivity contribution in [2.24, 2.45) is 5.92 Å². The van der Waals surface area contributed by atoms with Crippen LogP contribution in [0, 0.1) is 5.92 Å². The number of carbonyl (C=O) groups excluding carboxylic acids is 1. The van der Waals surface area contributed by atoms with E-state index in [4.69, 9.17) is 5.11 Å². The number of amides is 1. The number of carboxylic acid groups (broad SMARTS) is 1. The van der Waals surface area contributed by atoms with Gasteiger partial charge in [-0.05, 0) is 24.5 Å². The van der Waals surface area contributed by atoms with Gasteiger partial charge in [0.05, 0.1) is 17.9 Å². The summed E-state index contributed by atoms with van der Waals surface area (Å²) in [5, 5.41) is 10.0. The number of piperidine rings is 1. The van der Waals surface area contributed by atoms with E-state index in [-0.39, 0.29) is 11.8 Å². The molecule has 3 rings (SSSR count). The number of fused-ring (bicyclic) bond motifs is 1. The molecule has 1 saturated heterocycles. The molecule has 0 unspecified atom stereocenters. The number of aliphatic carboxylic acids is 1. The molecule has 1 aromatic heterocycles. The van der Waals surface area contributed by atoms with E-state index >= 15 is 0 Å². The molecule has 22 heavy (non-hydrogen) atoms. The molecule has 1 aliphatic rings. The lowest BCUT2D eigenvalue weighted by molar-refractivity contribution is -0.145. The van der Waals surface area contributed by atoms with E-state index in [0.29, 0.717) is 32.4 Å². The van der Waals surface area contributed by atoms with Gasteiger partial charge in [-0.25, -0.2) is 0 Å². The van der Waals surface area contributed by atoms with E-state index in [1.165, 1.54) is 0 Å². The van der Waals surface area contributed by atoms with Crippen molar-refractivity contribution in [2.45, 2.75) is 19.3 Å². The van der Waals surface area contributed by atoms with Crippen LogP contribution in [0.25, 0.3) is 10.9 Å². The van der Waals surface area contributed by atoms with Gasteiger partial charge < -0.3 is 10.0 Å². The summed E-state index contributed by atoms with van der Waals surface area (Å²) >= 11 is 0. The Labute approximate surface area is 128 Å². The molecule has 0 atom stereocenters. The highest BCUT2D eigenvalue weighted by atomic mass is 16.4. The summed E-state index contributed by atoms with van der Waals surface area (Å²) in [4.78, 5) is 29.5. The second-order valence-electron chi connectivity index (χ2n) is 5.66. The first-order valence-corrected chi connectivity index (χ1v) is 7.48. The average molecular weight is 298 g/mol. The minimum absolute atomic E-state index is 0.0435. The van der Waals surface area contributed by atoms with Gasteiger partial charge in [-0.2, -0.15) is 0 Å². The lowest BCUT2D eigenvalue weighted by atomic mass is 9.96. The van der Waals surface area contributed by atoms with Crippen LogP contribution in [0.3, 0.4) is 0 Å². The second kappa shape index (κ2) is 6.13. The zero-order valence-corrected chi connectivity index (χ0v) is 12.2. The van der Waals surface area contributed by atoms with Crippen molar-refractivity contribution in [3.8, 4) is 0 Å². The maximum Gasteiger partial charge on any atom is 0.306 e. The minimum atomic E-state index is -0.759. The van der Waals surface area contributed by atoms with Crippen molar-refractivity contribution >= 4 is 22.8 Å². The summed E-state index contributed by atoms with van der Waals surface area (Å²) in [6, 6.07) is 9.70. The quantitative estimate of drug-likeness (QED) is 0.942. The van der Waals surface area contributed by atoms with E-state index in [0.717, 1.165) is 16.5 Å². The Kier molecular flexibility index (Phi) is 4.04. The van der Waals surface area contributed by atoms with Crippen molar-refractivity contribution in [2.75, 3.05) is 13.1 Å². The SMILES string of the molecule is O=C(O)C1CCN(C(=O)Cc2cccc3cccnc23)CC1. The van der Waals surface area contributed by atoms with E-state index in [2.05, 4.69) is 4.98 Å². The highest BCUT2D eigenvalue weighted by molar-refractivity contribution is 5.87. The van der Waals surface area contributed by atoms with Crippen LogP contribution < -0.4 is 0 Å². The van der Waals surface area contributed by atoms with E-state index in [1.807, 2.05) is 30.3 Å².